The van der Waals surface area contributed by atoms with Gasteiger partial charge in [0.05, 0.1) is 11.7 Å². The van der Waals surface area contributed by atoms with Crippen LogP contribution in [0.1, 0.15) is 37.2 Å². The summed E-state index contributed by atoms with van der Waals surface area (Å²) < 4.78 is 5.87. The average molecular weight is 265 g/mol. The van der Waals surface area contributed by atoms with Crippen molar-refractivity contribution in [3.63, 3.8) is 0 Å². The Morgan fingerprint density at radius 3 is 3.00 bits per heavy atom. The molecule has 2 heterocycles. The zero-order valence-electron chi connectivity index (χ0n) is 10.8. The second-order valence-electron chi connectivity index (χ2n) is 4.32. The maximum Gasteiger partial charge on any atom is 0.0924 e. The number of rotatable bonds is 7. The van der Waals surface area contributed by atoms with Crippen LogP contribution in [0.5, 0.6) is 0 Å². The molecule has 0 amide bonds. The van der Waals surface area contributed by atoms with Crippen molar-refractivity contribution in [3.8, 4) is 0 Å². The molecule has 18 heavy (non-hydrogen) atoms. The molecule has 98 valence electrons. The summed E-state index contributed by atoms with van der Waals surface area (Å²) in [6.07, 6.45) is 4.98. The lowest BCUT2D eigenvalue weighted by atomic mass is 10.1. The molecule has 1 N–H and O–H groups in total. The fourth-order valence-corrected chi connectivity index (χ4v) is 2.44. The van der Waals surface area contributed by atoms with Crippen molar-refractivity contribution in [2.24, 2.45) is 7.05 Å². The summed E-state index contributed by atoms with van der Waals surface area (Å²) >= 11 is 1.41. The number of hydrogen-bond acceptors (Lipinski definition) is 5. The molecule has 2 aromatic rings. The van der Waals surface area contributed by atoms with Gasteiger partial charge in [-0.1, -0.05) is 11.4 Å². The van der Waals surface area contributed by atoms with Crippen LogP contribution in [0, 0.1) is 0 Å². The van der Waals surface area contributed by atoms with Gasteiger partial charge in [0.25, 0.3) is 0 Å². The molecular formula is C12H19N5S. The van der Waals surface area contributed by atoms with Gasteiger partial charge in [-0.25, -0.2) is 0 Å². The highest BCUT2D eigenvalue weighted by atomic mass is 32.1. The van der Waals surface area contributed by atoms with Crippen molar-refractivity contribution < 1.29 is 0 Å². The van der Waals surface area contributed by atoms with Crippen molar-refractivity contribution >= 4 is 11.5 Å². The van der Waals surface area contributed by atoms with Gasteiger partial charge in [0.2, 0.25) is 0 Å². The van der Waals surface area contributed by atoms with Gasteiger partial charge in [-0.05, 0) is 43.4 Å². The van der Waals surface area contributed by atoms with Gasteiger partial charge in [-0.2, -0.15) is 5.10 Å². The van der Waals surface area contributed by atoms with Gasteiger partial charge in [-0.3, -0.25) is 4.68 Å². The van der Waals surface area contributed by atoms with Gasteiger partial charge in [0.15, 0.2) is 0 Å². The molecule has 0 saturated carbocycles. The van der Waals surface area contributed by atoms with Crippen molar-refractivity contribution in [2.45, 2.75) is 32.2 Å². The standard InChI is InChI=1S/C12H19N5S/c1-3-7-13-11(12-9-18-16-15-12)5-4-10-6-8-14-17(10)2/h6,8-9,11,13H,3-5,7H2,1-2H3. The normalized spacial score (nSPS) is 12.8. The zero-order chi connectivity index (χ0) is 12.8. The van der Waals surface area contributed by atoms with Gasteiger partial charge in [-0.15, -0.1) is 5.10 Å². The van der Waals surface area contributed by atoms with Gasteiger partial charge in [0, 0.05) is 24.3 Å². The first-order valence-corrected chi connectivity index (χ1v) is 7.12. The average Bonchev–Trinajstić information content (AvgIpc) is 3.01. The topological polar surface area (TPSA) is 55.6 Å². The predicted octanol–water partition coefficient (Wildman–Crippen LogP) is 1.95. The van der Waals surface area contributed by atoms with Crippen LogP contribution in [0.2, 0.25) is 0 Å². The number of aryl methyl sites for hydroxylation is 2. The second-order valence-corrected chi connectivity index (χ2v) is 4.93. The number of hydrogen-bond donors (Lipinski definition) is 1. The largest absolute Gasteiger partial charge is 0.309 e. The lowest BCUT2D eigenvalue weighted by Crippen LogP contribution is -2.23. The van der Waals surface area contributed by atoms with E-state index in [-0.39, 0.29) is 0 Å². The van der Waals surface area contributed by atoms with Crippen LogP contribution in [0.15, 0.2) is 17.6 Å². The number of aromatic nitrogens is 4. The Labute approximate surface area is 111 Å². The Kier molecular flexibility index (Phi) is 4.83. The van der Waals surface area contributed by atoms with Gasteiger partial charge in [0.1, 0.15) is 0 Å². The summed E-state index contributed by atoms with van der Waals surface area (Å²) in [6, 6.07) is 2.36. The van der Waals surface area contributed by atoms with Crippen LogP contribution in [-0.4, -0.2) is 25.9 Å². The molecule has 0 bridgehead atoms. The second kappa shape index (κ2) is 6.61. The fraction of sp³-hybridized carbons (Fsp3) is 0.583. The molecule has 0 aliphatic heterocycles. The third-order valence-corrected chi connectivity index (χ3v) is 3.51. The first-order chi connectivity index (χ1) is 8.81. The Hall–Kier alpha value is -1.27. The van der Waals surface area contributed by atoms with Crippen molar-refractivity contribution in [2.75, 3.05) is 6.54 Å². The molecule has 5 nitrogen and oxygen atoms in total. The molecule has 0 aliphatic rings. The van der Waals surface area contributed by atoms with Gasteiger partial charge >= 0.3 is 0 Å². The summed E-state index contributed by atoms with van der Waals surface area (Å²) in [5, 5.41) is 13.9. The molecule has 2 aromatic heterocycles. The predicted molar refractivity (Wildman–Crippen MR) is 72.5 cm³/mol. The Bertz CT molecular complexity index is 451. The van der Waals surface area contributed by atoms with Gasteiger partial charge < -0.3 is 5.32 Å². The first-order valence-electron chi connectivity index (χ1n) is 6.28. The molecule has 6 heteroatoms. The van der Waals surface area contributed by atoms with Crippen LogP contribution in [0.4, 0.5) is 0 Å². The Morgan fingerprint density at radius 2 is 2.39 bits per heavy atom. The maximum atomic E-state index is 4.19. The monoisotopic (exact) mass is 265 g/mol. The molecule has 0 fully saturated rings. The van der Waals surface area contributed by atoms with E-state index >= 15 is 0 Å². The number of nitrogens with one attached hydrogen (secondary N) is 1. The molecule has 1 atom stereocenters. The minimum Gasteiger partial charge on any atom is -0.309 e. The minimum absolute atomic E-state index is 0.290. The minimum atomic E-state index is 0.290. The van der Waals surface area contributed by atoms with E-state index in [1.54, 1.807) is 0 Å². The quantitative estimate of drug-likeness (QED) is 0.831. The summed E-state index contributed by atoms with van der Waals surface area (Å²) in [6.45, 7) is 3.18. The lowest BCUT2D eigenvalue weighted by molar-refractivity contribution is 0.481. The highest BCUT2D eigenvalue weighted by Gasteiger charge is 2.14. The fourth-order valence-electron chi connectivity index (χ4n) is 1.94. The van der Waals surface area contributed by atoms with E-state index in [9.17, 15) is 0 Å². The van der Waals surface area contributed by atoms with E-state index in [0.717, 1.165) is 31.5 Å². The molecule has 0 aromatic carbocycles. The zero-order valence-corrected chi connectivity index (χ0v) is 11.7. The molecular weight excluding hydrogens is 246 g/mol. The summed E-state index contributed by atoms with van der Waals surface area (Å²) in [7, 11) is 1.98. The van der Waals surface area contributed by atoms with E-state index in [0.29, 0.717) is 6.04 Å². The van der Waals surface area contributed by atoms with Crippen molar-refractivity contribution in [1.29, 1.82) is 0 Å². The number of nitrogens with zero attached hydrogens (tertiary/aromatic N) is 4. The van der Waals surface area contributed by atoms with E-state index in [4.69, 9.17) is 0 Å². The molecule has 0 saturated heterocycles. The molecule has 0 radical (unpaired) electrons. The summed E-state index contributed by atoms with van der Waals surface area (Å²) in [5.41, 5.74) is 2.30. The van der Waals surface area contributed by atoms with Crippen LogP contribution in [0.25, 0.3) is 0 Å². The lowest BCUT2D eigenvalue weighted by Gasteiger charge is -2.15. The third kappa shape index (κ3) is 3.36. The third-order valence-electron chi connectivity index (χ3n) is 2.99. The Morgan fingerprint density at radius 1 is 1.50 bits per heavy atom. The Balaban J connectivity index is 1.95. The van der Waals surface area contributed by atoms with E-state index in [1.807, 2.05) is 23.3 Å². The van der Waals surface area contributed by atoms with E-state index in [2.05, 4.69) is 33.0 Å². The molecule has 0 aliphatic carbocycles. The van der Waals surface area contributed by atoms with Crippen molar-refractivity contribution in [3.05, 3.63) is 29.0 Å². The van der Waals surface area contributed by atoms with Crippen LogP contribution < -0.4 is 5.32 Å². The summed E-state index contributed by atoms with van der Waals surface area (Å²) in [5.74, 6) is 0. The van der Waals surface area contributed by atoms with Crippen LogP contribution >= 0.6 is 11.5 Å². The van der Waals surface area contributed by atoms with E-state index < -0.39 is 0 Å². The molecule has 2 rings (SSSR count). The maximum absolute atomic E-state index is 4.19. The highest BCUT2D eigenvalue weighted by Crippen LogP contribution is 2.18. The van der Waals surface area contributed by atoms with Crippen molar-refractivity contribution in [1.82, 2.24) is 24.7 Å². The first kappa shape index (κ1) is 13.2. The van der Waals surface area contributed by atoms with E-state index in [1.165, 1.54) is 17.2 Å². The highest BCUT2D eigenvalue weighted by molar-refractivity contribution is 7.03. The van der Waals surface area contributed by atoms with Crippen LogP contribution in [0.3, 0.4) is 0 Å². The molecule has 0 spiro atoms. The summed E-state index contributed by atoms with van der Waals surface area (Å²) in [4.78, 5) is 0. The van der Waals surface area contributed by atoms with Crippen LogP contribution in [-0.2, 0) is 13.5 Å². The molecule has 1 unspecified atom stereocenters. The SMILES string of the molecule is CCCNC(CCc1ccnn1C)c1csnn1. The smallest absolute Gasteiger partial charge is 0.0924 e.